The molecule has 3 heterocycles. The third kappa shape index (κ3) is 5.06. The van der Waals surface area contributed by atoms with E-state index < -0.39 is 23.1 Å². The molecule has 0 saturated heterocycles. The molecule has 44 heavy (non-hydrogen) atoms. The van der Waals surface area contributed by atoms with Gasteiger partial charge in [-0.05, 0) is 98.7 Å². The van der Waals surface area contributed by atoms with Gasteiger partial charge in [0.1, 0.15) is 23.8 Å². The zero-order chi connectivity index (χ0) is 30.9. The number of aromatic nitrogens is 4. The van der Waals surface area contributed by atoms with E-state index in [4.69, 9.17) is 4.98 Å². The second-order valence-corrected chi connectivity index (χ2v) is 13.9. The molecule has 2 aromatic heterocycles. The van der Waals surface area contributed by atoms with Crippen LogP contribution in [-0.4, -0.2) is 37.2 Å². The topological polar surface area (TPSA) is 88.0 Å². The van der Waals surface area contributed by atoms with E-state index >= 15 is 0 Å². The number of anilines is 2. The summed E-state index contributed by atoms with van der Waals surface area (Å²) in [7, 11) is 1.93. The highest BCUT2D eigenvalue weighted by atomic mass is 19.4. The van der Waals surface area contributed by atoms with Gasteiger partial charge in [0.05, 0.1) is 17.5 Å². The third-order valence-electron chi connectivity index (χ3n) is 10.5. The fraction of sp³-hybridized carbons (Fsp3) is 0.576. The number of carbonyl (C=O) groups is 1. The number of nitrogens with one attached hydrogen (secondary N) is 2. The van der Waals surface area contributed by atoms with E-state index in [1.54, 1.807) is 12.4 Å². The molecule has 0 radical (unpaired) electrons. The molecule has 4 aliphatic rings. The number of fused-ring (bicyclic) bond motifs is 1. The lowest BCUT2D eigenvalue weighted by molar-refractivity contribution is -0.138. The van der Waals surface area contributed by atoms with Crippen molar-refractivity contribution in [2.45, 2.75) is 108 Å². The largest absolute Gasteiger partial charge is 0.416 e. The number of pyridine rings is 1. The Labute approximate surface area is 255 Å². The van der Waals surface area contributed by atoms with Gasteiger partial charge in [0, 0.05) is 30.7 Å². The number of aryl methyl sites for hydroxylation is 1. The van der Waals surface area contributed by atoms with E-state index in [1.165, 1.54) is 11.0 Å². The molecule has 1 aromatic carbocycles. The Morgan fingerprint density at radius 1 is 1.07 bits per heavy atom. The van der Waals surface area contributed by atoms with Crippen molar-refractivity contribution >= 4 is 17.5 Å². The summed E-state index contributed by atoms with van der Waals surface area (Å²) >= 11 is 0. The van der Waals surface area contributed by atoms with E-state index in [9.17, 15) is 18.0 Å². The first-order valence-electron chi connectivity index (χ1n) is 15.9. The molecule has 3 saturated carbocycles. The van der Waals surface area contributed by atoms with Crippen LogP contribution >= 0.6 is 0 Å². The van der Waals surface area contributed by atoms with Gasteiger partial charge in [-0.25, -0.2) is 4.98 Å². The summed E-state index contributed by atoms with van der Waals surface area (Å²) in [4.78, 5) is 20.3. The van der Waals surface area contributed by atoms with Crippen LogP contribution in [-0.2, 0) is 31.7 Å². The average molecular weight is 608 g/mol. The van der Waals surface area contributed by atoms with Crippen LogP contribution in [0.25, 0.3) is 0 Å². The quantitative estimate of drug-likeness (QED) is 0.304. The second kappa shape index (κ2) is 10.6. The average Bonchev–Trinajstić information content (AvgIpc) is 3.69. The van der Waals surface area contributed by atoms with Crippen LogP contribution in [0.15, 0.2) is 30.6 Å². The minimum Gasteiger partial charge on any atom is -0.367 e. The summed E-state index contributed by atoms with van der Waals surface area (Å²) in [6.07, 6.45) is 6.25. The lowest BCUT2D eigenvalue weighted by atomic mass is 9.58. The highest BCUT2D eigenvalue weighted by Gasteiger charge is 2.49. The van der Waals surface area contributed by atoms with Crippen molar-refractivity contribution in [3.63, 3.8) is 0 Å². The van der Waals surface area contributed by atoms with E-state index in [1.807, 2.05) is 23.7 Å². The van der Waals surface area contributed by atoms with Crippen molar-refractivity contribution in [2.75, 3.05) is 10.2 Å². The summed E-state index contributed by atoms with van der Waals surface area (Å²) in [5, 5.41) is 15.6. The molecule has 0 unspecified atom stereocenters. The van der Waals surface area contributed by atoms with Gasteiger partial charge in [0.25, 0.3) is 5.91 Å². The minimum absolute atomic E-state index is 0.0129. The van der Waals surface area contributed by atoms with Gasteiger partial charge in [-0.1, -0.05) is 19.8 Å². The van der Waals surface area contributed by atoms with Gasteiger partial charge < -0.3 is 15.2 Å². The van der Waals surface area contributed by atoms with E-state index in [0.717, 1.165) is 69.2 Å². The van der Waals surface area contributed by atoms with Crippen molar-refractivity contribution in [3.05, 3.63) is 64.2 Å². The van der Waals surface area contributed by atoms with Crippen molar-refractivity contribution < 1.29 is 18.0 Å². The Bertz CT molecular complexity index is 1580. The predicted molar refractivity (Wildman–Crippen MR) is 161 cm³/mol. The first kappa shape index (κ1) is 29.3. The standard InChI is InChI=1S/C33H40F3N7O/c1-20-15-32(16-20,30-41-38-19-42(30)3)22-13-27(39-23-7-4-5-8-23)40-28(14-22)43-18-25-24(29(43)44)11-21(12-26(25)33(34,35)36)17-37-31(2)9-6-10-31/h11-14,19-20,23,37H,4-10,15-18H2,1-3H3,(H,39,40). The molecule has 0 atom stereocenters. The zero-order valence-corrected chi connectivity index (χ0v) is 25.6. The molecule has 3 aromatic rings. The molecule has 1 aliphatic heterocycles. The number of carbonyl (C=O) groups excluding carboxylic acids is 1. The number of amides is 1. The molecular formula is C33H40F3N7O. The van der Waals surface area contributed by atoms with E-state index in [0.29, 0.717) is 23.1 Å². The number of nitrogens with zero attached hydrogens (tertiary/aromatic N) is 5. The summed E-state index contributed by atoms with van der Waals surface area (Å²) in [6.45, 7) is 4.39. The number of hydrogen-bond donors (Lipinski definition) is 2. The monoisotopic (exact) mass is 607 g/mol. The zero-order valence-electron chi connectivity index (χ0n) is 25.6. The number of hydrogen-bond acceptors (Lipinski definition) is 6. The normalized spacial score (nSPS) is 24.7. The predicted octanol–water partition coefficient (Wildman–Crippen LogP) is 6.49. The molecule has 234 valence electrons. The number of alkyl halides is 3. The van der Waals surface area contributed by atoms with E-state index in [-0.39, 0.29) is 35.8 Å². The smallest absolute Gasteiger partial charge is 0.367 e. The maximum absolute atomic E-state index is 14.4. The molecule has 11 heteroatoms. The number of halogens is 3. The Balaban J connectivity index is 1.28. The van der Waals surface area contributed by atoms with Gasteiger partial charge in [0.15, 0.2) is 0 Å². The first-order valence-corrected chi connectivity index (χ1v) is 15.9. The molecule has 8 nitrogen and oxygen atoms in total. The Hall–Kier alpha value is -3.47. The van der Waals surface area contributed by atoms with Crippen molar-refractivity contribution in [1.29, 1.82) is 0 Å². The third-order valence-corrected chi connectivity index (χ3v) is 10.5. The lowest BCUT2D eigenvalue weighted by Gasteiger charge is -2.46. The maximum Gasteiger partial charge on any atom is 0.416 e. The van der Waals surface area contributed by atoms with Crippen LogP contribution in [0.2, 0.25) is 0 Å². The fourth-order valence-electron chi connectivity index (χ4n) is 7.89. The van der Waals surface area contributed by atoms with Gasteiger partial charge >= 0.3 is 6.18 Å². The number of benzene rings is 1. The van der Waals surface area contributed by atoms with Gasteiger partial charge in [-0.3, -0.25) is 9.69 Å². The Morgan fingerprint density at radius 2 is 1.82 bits per heavy atom. The first-order chi connectivity index (χ1) is 20.9. The SMILES string of the molecule is CC1CC(c2cc(NC3CCCC3)nc(N3Cc4c(cc(CNC5(C)CCC5)cc4C(F)(F)F)C3=O)c2)(c2nncn2C)C1. The van der Waals surface area contributed by atoms with Crippen molar-refractivity contribution in [2.24, 2.45) is 13.0 Å². The number of rotatable bonds is 8. The maximum atomic E-state index is 14.4. The molecule has 7 rings (SSSR count). The van der Waals surface area contributed by atoms with Crippen LogP contribution in [0.4, 0.5) is 24.8 Å². The lowest BCUT2D eigenvalue weighted by Crippen LogP contribution is -2.47. The Morgan fingerprint density at radius 3 is 2.43 bits per heavy atom. The summed E-state index contributed by atoms with van der Waals surface area (Å²) in [5.41, 5.74) is 0.304. The second-order valence-electron chi connectivity index (χ2n) is 13.9. The molecule has 2 N–H and O–H groups in total. The Kier molecular flexibility index (Phi) is 7.02. The summed E-state index contributed by atoms with van der Waals surface area (Å²) in [5.74, 6) is 1.86. The highest BCUT2D eigenvalue weighted by Crippen LogP contribution is 2.52. The molecule has 3 aliphatic carbocycles. The molecule has 0 bridgehead atoms. The van der Waals surface area contributed by atoms with Gasteiger partial charge in [-0.15, -0.1) is 10.2 Å². The van der Waals surface area contributed by atoms with Gasteiger partial charge in [0.2, 0.25) is 0 Å². The van der Waals surface area contributed by atoms with Crippen LogP contribution in [0.3, 0.4) is 0 Å². The van der Waals surface area contributed by atoms with Crippen LogP contribution in [0, 0.1) is 5.92 Å². The van der Waals surface area contributed by atoms with Crippen LogP contribution in [0.1, 0.15) is 110 Å². The molecule has 0 spiro atoms. The summed E-state index contributed by atoms with van der Waals surface area (Å²) in [6, 6.07) is 7.05. The fourth-order valence-corrected chi connectivity index (χ4v) is 7.89. The summed E-state index contributed by atoms with van der Waals surface area (Å²) < 4.78 is 45.2. The van der Waals surface area contributed by atoms with Crippen molar-refractivity contribution in [3.8, 4) is 0 Å². The molecule has 1 amide bonds. The minimum atomic E-state index is -4.58. The van der Waals surface area contributed by atoms with Crippen LogP contribution < -0.4 is 15.5 Å². The van der Waals surface area contributed by atoms with Crippen molar-refractivity contribution in [1.82, 2.24) is 25.1 Å². The molecule has 3 fully saturated rings. The highest BCUT2D eigenvalue weighted by molar-refractivity contribution is 6.10. The van der Waals surface area contributed by atoms with Crippen LogP contribution in [0.5, 0.6) is 0 Å². The molecular weight excluding hydrogens is 567 g/mol. The van der Waals surface area contributed by atoms with E-state index in [2.05, 4.69) is 34.7 Å². The van der Waals surface area contributed by atoms with Gasteiger partial charge in [-0.2, -0.15) is 13.2 Å².